The number of para-hydroxylation sites is 1. The molecule has 3 aromatic rings. The van der Waals surface area contributed by atoms with Gasteiger partial charge in [0.25, 0.3) is 0 Å². The number of Topliss-reactive ketones (excluding diaryl/α,β-unsaturated/α-hetero) is 1. The van der Waals surface area contributed by atoms with Crippen molar-refractivity contribution in [2.45, 2.75) is 64.2 Å². The molecule has 0 fully saturated rings. The Bertz CT molecular complexity index is 1150. The third-order valence-electron chi connectivity index (χ3n) is 7.80. The van der Waals surface area contributed by atoms with Crippen LogP contribution in [0.2, 0.25) is 0 Å². The quantitative estimate of drug-likeness (QED) is 0.297. The molecule has 3 aromatic carbocycles. The maximum absolute atomic E-state index is 13.3. The van der Waals surface area contributed by atoms with Crippen LogP contribution in [0.3, 0.4) is 0 Å². The highest BCUT2D eigenvalue weighted by molar-refractivity contribution is 5.87. The maximum atomic E-state index is 13.3. The van der Waals surface area contributed by atoms with Gasteiger partial charge in [0, 0.05) is 12.3 Å². The number of carboxylic acid groups (broad SMARTS) is 1. The summed E-state index contributed by atoms with van der Waals surface area (Å²) in [7, 11) is 0. The fraction of sp³-hybridized carbons (Fsp3) is 0.394. The van der Waals surface area contributed by atoms with E-state index in [0.717, 1.165) is 56.3 Å². The first kappa shape index (κ1) is 26.7. The van der Waals surface area contributed by atoms with Crippen LogP contribution in [0.25, 0.3) is 0 Å². The van der Waals surface area contributed by atoms with E-state index in [9.17, 15) is 9.59 Å². The zero-order chi connectivity index (χ0) is 26.0. The number of carbonyl (C=O) groups excluding carboxylic acids is 1. The van der Waals surface area contributed by atoms with Crippen LogP contribution in [0.1, 0.15) is 78.4 Å². The molecule has 194 valence electrons. The molecular weight excluding hydrogens is 460 g/mol. The molecule has 37 heavy (non-hydrogen) atoms. The van der Waals surface area contributed by atoms with Crippen molar-refractivity contribution >= 4 is 11.8 Å². The molecule has 0 spiro atoms. The van der Waals surface area contributed by atoms with Crippen LogP contribution < -0.4 is 4.74 Å². The molecule has 4 rings (SSSR count). The Morgan fingerprint density at radius 2 is 1.57 bits per heavy atom. The Hall–Kier alpha value is -3.40. The standard InChI is InChI=1S/C33H38O4/c1-24(26-16-18-27(19-17-26)33(35)36)8-7-13-32(34)30-15-14-25(20-21-37-31-11-3-2-4-12-31)22-28-9-5-6-10-29(28)23-30/h2-6,9-12,16-19,24-25,30H,7-8,13-15,20-23H2,1H3,(H,35,36)/t24-,25?,30-/m1/s1. The predicted molar refractivity (Wildman–Crippen MR) is 147 cm³/mol. The largest absolute Gasteiger partial charge is 0.494 e. The molecule has 1 unspecified atom stereocenters. The molecule has 0 bridgehead atoms. The summed E-state index contributed by atoms with van der Waals surface area (Å²) in [6, 6.07) is 25.7. The first-order chi connectivity index (χ1) is 18.0. The number of ketones is 1. The second-order valence-electron chi connectivity index (χ2n) is 10.5. The van der Waals surface area contributed by atoms with E-state index in [4.69, 9.17) is 9.84 Å². The Balaban J connectivity index is 1.31. The van der Waals surface area contributed by atoms with E-state index in [2.05, 4.69) is 31.2 Å². The molecule has 1 N–H and O–H groups in total. The van der Waals surface area contributed by atoms with Crippen LogP contribution in [0.5, 0.6) is 5.75 Å². The smallest absolute Gasteiger partial charge is 0.335 e. The van der Waals surface area contributed by atoms with Crippen LogP contribution in [0.15, 0.2) is 78.9 Å². The minimum atomic E-state index is -0.906. The van der Waals surface area contributed by atoms with Crippen molar-refractivity contribution in [2.75, 3.05) is 6.61 Å². The van der Waals surface area contributed by atoms with Gasteiger partial charge in [-0.1, -0.05) is 61.5 Å². The summed E-state index contributed by atoms with van der Waals surface area (Å²) in [5, 5.41) is 9.10. The number of aromatic carboxylic acids is 1. The SMILES string of the molecule is C[C@H](CCCC(=O)[C@@H]1CCC(CCOc2ccccc2)Cc2ccccc2C1)c1ccc(C(=O)O)cc1. The Labute approximate surface area is 220 Å². The van der Waals surface area contributed by atoms with Crippen molar-refractivity contribution in [1.82, 2.24) is 0 Å². The number of carboxylic acids is 1. The Kier molecular flexibility index (Phi) is 9.53. The number of hydrogen-bond donors (Lipinski definition) is 1. The zero-order valence-electron chi connectivity index (χ0n) is 21.8. The summed E-state index contributed by atoms with van der Waals surface area (Å²) in [4.78, 5) is 24.4. The number of hydrogen-bond acceptors (Lipinski definition) is 3. The lowest BCUT2D eigenvalue weighted by Crippen LogP contribution is -2.23. The van der Waals surface area contributed by atoms with Crippen LogP contribution in [0, 0.1) is 11.8 Å². The van der Waals surface area contributed by atoms with Crippen molar-refractivity contribution in [3.05, 3.63) is 101 Å². The van der Waals surface area contributed by atoms with Gasteiger partial charge in [-0.05, 0) is 97.7 Å². The monoisotopic (exact) mass is 498 g/mol. The summed E-state index contributed by atoms with van der Waals surface area (Å²) in [6.45, 7) is 2.84. The van der Waals surface area contributed by atoms with Crippen LogP contribution in [-0.4, -0.2) is 23.5 Å². The van der Waals surface area contributed by atoms with E-state index in [-0.39, 0.29) is 5.92 Å². The average molecular weight is 499 g/mol. The van der Waals surface area contributed by atoms with Gasteiger partial charge < -0.3 is 9.84 Å². The summed E-state index contributed by atoms with van der Waals surface area (Å²) in [5.74, 6) is 1.26. The predicted octanol–water partition coefficient (Wildman–Crippen LogP) is 7.51. The molecule has 4 heteroatoms. The van der Waals surface area contributed by atoms with Gasteiger partial charge in [0.15, 0.2) is 0 Å². The number of benzene rings is 3. The van der Waals surface area contributed by atoms with E-state index >= 15 is 0 Å². The van der Waals surface area contributed by atoms with Gasteiger partial charge in [-0.15, -0.1) is 0 Å². The summed E-state index contributed by atoms with van der Waals surface area (Å²) in [6.07, 6.45) is 7.25. The topological polar surface area (TPSA) is 63.6 Å². The highest BCUT2D eigenvalue weighted by atomic mass is 16.5. The molecular formula is C33H38O4. The van der Waals surface area contributed by atoms with E-state index in [1.807, 2.05) is 42.5 Å². The lowest BCUT2D eigenvalue weighted by molar-refractivity contribution is -0.123. The summed E-state index contributed by atoms with van der Waals surface area (Å²) in [5.41, 5.74) is 4.13. The molecule has 0 heterocycles. The first-order valence-corrected chi connectivity index (χ1v) is 13.6. The van der Waals surface area contributed by atoms with E-state index in [1.54, 1.807) is 12.1 Å². The maximum Gasteiger partial charge on any atom is 0.335 e. The molecule has 4 nitrogen and oxygen atoms in total. The number of rotatable bonds is 11. The molecule has 1 aliphatic rings. The molecule has 0 saturated heterocycles. The van der Waals surface area contributed by atoms with Gasteiger partial charge in [-0.2, -0.15) is 0 Å². The fourth-order valence-corrected chi connectivity index (χ4v) is 5.46. The second-order valence-corrected chi connectivity index (χ2v) is 10.5. The second kappa shape index (κ2) is 13.2. The zero-order valence-corrected chi connectivity index (χ0v) is 21.8. The van der Waals surface area contributed by atoms with Gasteiger partial charge in [0.1, 0.15) is 11.5 Å². The third kappa shape index (κ3) is 7.79. The number of fused-ring (bicyclic) bond motifs is 1. The lowest BCUT2D eigenvalue weighted by Gasteiger charge is -2.26. The van der Waals surface area contributed by atoms with Gasteiger partial charge in [-0.25, -0.2) is 4.79 Å². The van der Waals surface area contributed by atoms with E-state index in [0.29, 0.717) is 36.2 Å². The fourth-order valence-electron chi connectivity index (χ4n) is 5.46. The molecule has 1 aliphatic carbocycles. The third-order valence-corrected chi connectivity index (χ3v) is 7.80. The van der Waals surface area contributed by atoms with Crippen LogP contribution in [0.4, 0.5) is 0 Å². The number of ether oxygens (including phenoxy) is 1. The van der Waals surface area contributed by atoms with Gasteiger partial charge in [0.2, 0.25) is 0 Å². The van der Waals surface area contributed by atoms with Crippen molar-refractivity contribution in [3.8, 4) is 5.75 Å². The molecule has 0 saturated carbocycles. The van der Waals surface area contributed by atoms with E-state index < -0.39 is 5.97 Å². The van der Waals surface area contributed by atoms with Gasteiger partial charge in [0.05, 0.1) is 12.2 Å². The van der Waals surface area contributed by atoms with Gasteiger partial charge >= 0.3 is 5.97 Å². The minimum absolute atomic E-state index is 0.0733. The molecule has 0 aromatic heterocycles. The molecule has 0 amide bonds. The van der Waals surface area contributed by atoms with Gasteiger partial charge in [-0.3, -0.25) is 4.79 Å². The van der Waals surface area contributed by atoms with Crippen molar-refractivity contribution in [1.29, 1.82) is 0 Å². The molecule has 3 atom stereocenters. The van der Waals surface area contributed by atoms with Crippen LogP contribution in [-0.2, 0) is 17.6 Å². The minimum Gasteiger partial charge on any atom is -0.494 e. The highest BCUT2D eigenvalue weighted by Gasteiger charge is 2.25. The van der Waals surface area contributed by atoms with Crippen LogP contribution >= 0.6 is 0 Å². The van der Waals surface area contributed by atoms with Crippen molar-refractivity contribution in [3.63, 3.8) is 0 Å². The summed E-state index contributed by atoms with van der Waals surface area (Å²) < 4.78 is 5.98. The van der Waals surface area contributed by atoms with Crippen molar-refractivity contribution in [2.24, 2.45) is 11.8 Å². The Morgan fingerprint density at radius 3 is 2.27 bits per heavy atom. The molecule has 0 aliphatic heterocycles. The Morgan fingerprint density at radius 1 is 0.892 bits per heavy atom. The highest BCUT2D eigenvalue weighted by Crippen LogP contribution is 2.31. The first-order valence-electron chi connectivity index (χ1n) is 13.6. The summed E-state index contributed by atoms with van der Waals surface area (Å²) >= 11 is 0. The normalized spacial score (nSPS) is 18.2. The average Bonchev–Trinajstić information content (AvgIpc) is 2.90. The van der Waals surface area contributed by atoms with E-state index in [1.165, 1.54) is 11.1 Å². The lowest BCUT2D eigenvalue weighted by atomic mass is 9.78. The van der Waals surface area contributed by atoms with Crippen molar-refractivity contribution < 1.29 is 19.4 Å². The molecule has 0 radical (unpaired) electrons. The number of carbonyl (C=O) groups is 2.